The van der Waals surface area contributed by atoms with E-state index < -0.39 is 0 Å². The van der Waals surface area contributed by atoms with Crippen molar-refractivity contribution >= 4 is 11.3 Å². The summed E-state index contributed by atoms with van der Waals surface area (Å²) in [6.45, 7) is 8.93. The maximum Gasteiger partial charge on any atom is 0.107 e. The van der Waals surface area contributed by atoms with Gasteiger partial charge >= 0.3 is 0 Å². The predicted octanol–water partition coefficient (Wildman–Crippen LogP) is 3.26. The van der Waals surface area contributed by atoms with E-state index in [0.717, 1.165) is 24.9 Å². The van der Waals surface area contributed by atoms with Crippen LogP contribution in [0.2, 0.25) is 0 Å². The Morgan fingerprint density at radius 3 is 2.45 bits per heavy atom. The maximum absolute atomic E-state index is 4.79. The molecule has 0 aromatic carbocycles. The predicted molar refractivity (Wildman–Crippen MR) is 84.8 cm³/mol. The van der Waals surface area contributed by atoms with Crippen molar-refractivity contribution < 1.29 is 0 Å². The van der Waals surface area contributed by atoms with Gasteiger partial charge in [0.15, 0.2) is 0 Å². The molecule has 2 fully saturated rings. The van der Waals surface area contributed by atoms with Crippen LogP contribution in [0.3, 0.4) is 0 Å². The molecule has 2 saturated carbocycles. The molecule has 0 saturated heterocycles. The number of nitrogens with one attached hydrogen (secondary N) is 1. The Kier molecular flexibility index (Phi) is 4.74. The summed E-state index contributed by atoms with van der Waals surface area (Å²) in [7, 11) is 0. The lowest BCUT2D eigenvalue weighted by molar-refractivity contribution is 0.242. The molecule has 1 N–H and O–H groups in total. The first kappa shape index (κ1) is 14.5. The van der Waals surface area contributed by atoms with Crippen molar-refractivity contribution in [2.45, 2.75) is 58.7 Å². The first-order valence-corrected chi connectivity index (χ1v) is 8.96. The second kappa shape index (κ2) is 6.54. The van der Waals surface area contributed by atoms with E-state index in [9.17, 15) is 0 Å². The average molecular weight is 293 g/mol. The van der Waals surface area contributed by atoms with E-state index in [1.54, 1.807) is 11.3 Å². The van der Waals surface area contributed by atoms with Crippen molar-refractivity contribution in [3.05, 3.63) is 16.1 Å². The fourth-order valence-electron chi connectivity index (χ4n) is 2.56. The van der Waals surface area contributed by atoms with E-state index in [0.29, 0.717) is 6.04 Å². The van der Waals surface area contributed by atoms with Gasteiger partial charge in [0.1, 0.15) is 5.01 Å². The van der Waals surface area contributed by atoms with Gasteiger partial charge in [0.05, 0.1) is 5.69 Å². The standard InChI is InChI=1S/C16H27N3S/c1-12(2)17-7-16-18-15(11-20-16)10-19(8-13-3-4-13)9-14-5-6-14/h11-14,17H,3-10H2,1-2H3. The highest BCUT2D eigenvalue weighted by atomic mass is 32.1. The van der Waals surface area contributed by atoms with E-state index in [4.69, 9.17) is 4.98 Å². The van der Waals surface area contributed by atoms with Crippen molar-refractivity contribution in [2.24, 2.45) is 11.8 Å². The van der Waals surface area contributed by atoms with Crippen LogP contribution in [0.5, 0.6) is 0 Å². The monoisotopic (exact) mass is 293 g/mol. The molecule has 0 aliphatic heterocycles. The number of rotatable bonds is 9. The van der Waals surface area contributed by atoms with Crippen molar-refractivity contribution in [3.63, 3.8) is 0 Å². The highest BCUT2D eigenvalue weighted by molar-refractivity contribution is 7.09. The van der Waals surface area contributed by atoms with Gasteiger partial charge in [-0.2, -0.15) is 0 Å². The number of hydrogen-bond acceptors (Lipinski definition) is 4. The minimum atomic E-state index is 0.531. The quantitative estimate of drug-likeness (QED) is 0.757. The number of thiazole rings is 1. The van der Waals surface area contributed by atoms with Crippen LogP contribution < -0.4 is 5.32 Å². The summed E-state index contributed by atoms with van der Waals surface area (Å²) < 4.78 is 0. The van der Waals surface area contributed by atoms with Crippen LogP contribution in [0.4, 0.5) is 0 Å². The van der Waals surface area contributed by atoms with Crippen LogP contribution in [-0.2, 0) is 13.1 Å². The van der Waals surface area contributed by atoms with E-state index in [1.807, 2.05) is 0 Å². The first-order chi connectivity index (χ1) is 9.69. The lowest BCUT2D eigenvalue weighted by atomic mass is 10.3. The smallest absolute Gasteiger partial charge is 0.107 e. The summed E-state index contributed by atoms with van der Waals surface area (Å²) >= 11 is 1.80. The first-order valence-electron chi connectivity index (χ1n) is 8.08. The summed E-state index contributed by atoms with van der Waals surface area (Å²) in [6, 6.07) is 0.531. The zero-order chi connectivity index (χ0) is 13.9. The zero-order valence-electron chi connectivity index (χ0n) is 12.8. The van der Waals surface area contributed by atoms with Gasteiger partial charge in [-0.05, 0) is 37.5 Å². The Morgan fingerprint density at radius 1 is 1.25 bits per heavy atom. The third kappa shape index (κ3) is 4.83. The van der Waals surface area contributed by atoms with Gasteiger partial charge in [-0.1, -0.05) is 13.8 Å². The number of nitrogens with zero attached hydrogens (tertiary/aromatic N) is 2. The fourth-order valence-corrected chi connectivity index (χ4v) is 3.29. The third-order valence-electron chi connectivity index (χ3n) is 4.07. The fraction of sp³-hybridized carbons (Fsp3) is 0.812. The van der Waals surface area contributed by atoms with Crippen LogP contribution >= 0.6 is 11.3 Å². The van der Waals surface area contributed by atoms with Crippen LogP contribution in [0.1, 0.15) is 50.2 Å². The van der Waals surface area contributed by atoms with E-state index in [1.165, 1.54) is 49.5 Å². The molecule has 0 atom stereocenters. The Labute approximate surface area is 126 Å². The molecule has 0 bridgehead atoms. The SMILES string of the molecule is CC(C)NCc1nc(CN(CC2CC2)CC2CC2)cs1. The van der Waals surface area contributed by atoms with Gasteiger partial charge in [-0.15, -0.1) is 11.3 Å². The van der Waals surface area contributed by atoms with E-state index >= 15 is 0 Å². The van der Waals surface area contributed by atoms with E-state index in [2.05, 4.69) is 29.4 Å². The largest absolute Gasteiger partial charge is 0.308 e. The summed E-state index contributed by atoms with van der Waals surface area (Å²) in [6.07, 6.45) is 5.78. The molecule has 0 amide bonds. The molecule has 1 aromatic heterocycles. The third-order valence-corrected chi connectivity index (χ3v) is 4.97. The molecule has 4 heteroatoms. The lowest BCUT2D eigenvalue weighted by Gasteiger charge is -2.20. The zero-order valence-corrected chi connectivity index (χ0v) is 13.6. The highest BCUT2D eigenvalue weighted by Gasteiger charge is 2.29. The van der Waals surface area contributed by atoms with Crippen LogP contribution in [-0.4, -0.2) is 29.0 Å². The van der Waals surface area contributed by atoms with Crippen molar-refractivity contribution in [3.8, 4) is 0 Å². The second-order valence-corrected chi connectivity index (χ2v) is 7.79. The number of hydrogen-bond donors (Lipinski definition) is 1. The summed E-state index contributed by atoms with van der Waals surface area (Å²) in [5.74, 6) is 1.96. The molecule has 1 aromatic rings. The molecule has 20 heavy (non-hydrogen) atoms. The normalized spacial score (nSPS) is 19.2. The van der Waals surface area contributed by atoms with Crippen molar-refractivity contribution in [2.75, 3.05) is 13.1 Å². The molecule has 2 aliphatic carbocycles. The molecular weight excluding hydrogens is 266 g/mol. The molecule has 3 nitrogen and oxygen atoms in total. The van der Waals surface area contributed by atoms with Gasteiger partial charge in [0.2, 0.25) is 0 Å². The van der Waals surface area contributed by atoms with Crippen LogP contribution in [0.15, 0.2) is 5.38 Å². The molecule has 0 radical (unpaired) electrons. The molecule has 3 rings (SSSR count). The summed E-state index contributed by atoms with van der Waals surface area (Å²) in [4.78, 5) is 7.45. The molecular formula is C16H27N3S. The molecule has 0 unspecified atom stereocenters. The van der Waals surface area contributed by atoms with Crippen molar-refractivity contribution in [1.82, 2.24) is 15.2 Å². The van der Waals surface area contributed by atoms with Crippen LogP contribution in [0, 0.1) is 11.8 Å². The summed E-state index contributed by atoms with van der Waals surface area (Å²) in [5, 5.41) is 6.93. The Bertz CT molecular complexity index is 407. The van der Waals surface area contributed by atoms with Gasteiger partial charge in [-0.25, -0.2) is 4.98 Å². The molecule has 0 spiro atoms. The highest BCUT2D eigenvalue weighted by Crippen LogP contribution is 2.34. The topological polar surface area (TPSA) is 28.2 Å². The van der Waals surface area contributed by atoms with Gasteiger partial charge in [0, 0.05) is 37.6 Å². The Morgan fingerprint density at radius 2 is 1.90 bits per heavy atom. The van der Waals surface area contributed by atoms with E-state index in [-0.39, 0.29) is 0 Å². The average Bonchev–Trinajstić information content (AvgIpc) is 3.31. The van der Waals surface area contributed by atoms with Crippen molar-refractivity contribution in [1.29, 1.82) is 0 Å². The molecule has 2 aliphatic rings. The van der Waals surface area contributed by atoms with Gasteiger partial charge in [-0.3, -0.25) is 4.90 Å². The number of aromatic nitrogens is 1. The Balaban J connectivity index is 1.50. The second-order valence-electron chi connectivity index (χ2n) is 6.85. The Hall–Kier alpha value is -0.450. The maximum atomic E-state index is 4.79. The van der Waals surface area contributed by atoms with Gasteiger partial charge in [0.25, 0.3) is 0 Å². The molecule has 112 valence electrons. The van der Waals surface area contributed by atoms with Crippen LogP contribution in [0.25, 0.3) is 0 Å². The van der Waals surface area contributed by atoms with Gasteiger partial charge < -0.3 is 5.32 Å². The summed E-state index contributed by atoms with van der Waals surface area (Å²) in [5.41, 5.74) is 1.27. The molecule has 1 heterocycles. The minimum Gasteiger partial charge on any atom is -0.308 e. The minimum absolute atomic E-state index is 0.531. The lowest BCUT2D eigenvalue weighted by Crippen LogP contribution is -2.28.